The Morgan fingerprint density at radius 2 is 2.06 bits per heavy atom. The average Bonchev–Trinajstić information content (AvgIpc) is 2.85. The first-order valence-corrected chi connectivity index (χ1v) is 10.5. The van der Waals surface area contributed by atoms with Crippen molar-refractivity contribution in [3.05, 3.63) is 63.2 Å². The van der Waals surface area contributed by atoms with Gasteiger partial charge in [0.15, 0.2) is 0 Å². The normalized spacial score (nSPS) is 12.3. The standard InChI is InChI=1S/C22H26FN7O5/c1-4-35-21(32)18-19(30(33)34)20(29(3)14(2)13-31)28-22(27-18)26-12-16(9-24)11-25-10-15-5-7-17(23)8-6-15/h5-9,11,13-14H,4,10,12,24H2,1-3H3,(H,26,27,28). The number of ether oxygens (including phenoxy) is 1. The van der Waals surface area contributed by atoms with Crippen molar-refractivity contribution >= 4 is 35.9 Å². The predicted octanol–water partition coefficient (Wildman–Crippen LogP) is 2.25. The number of aldehydes is 1. The first kappa shape index (κ1) is 26.8. The van der Waals surface area contributed by atoms with Crippen LogP contribution in [0.15, 0.2) is 41.0 Å². The van der Waals surface area contributed by atoms with Crippen LogP contribution < -0.4 is 16.0 Å². The number of nitrogens with one attached hydrogen (secondary N) is 1. The third-order valence-electron chi connectivity index (χ3n) is 4.77. The number of rotatable bonds is 12. The zero-order valence-electron chi connectivity index (χ0n) is 19.5. The summed E-state index contributed by atoms with van der Waals surface area (Å²) in [6.07, 6.45) is 3.37. The monoisotopic (exact) mass is 487 g/mol. The Bertz CT molecular complexity index is 1120. The minimum absolute atomic E-state index is 0.0246. The molecule has 2 aromatic rings. The Morgan fingerprint density at radius 3 is 2.63 bits per heavy atom. The summed E-state index contributed by atoms with van der Waals surface area (Å²) in [5.74, 6) is -1.71. The quantitative estimate of drug-likeness (QED) is 0.149. The molecular formula is C22H26FN7O5. The van der Waals surface area contributed by atoms with E-state index in [9.17, 15) is 24.1 Å². The van der Waals surface area contributed by atoms with Gasteiger partial charge in [0.05, 0.1) is 24.1 Å². The molecule has 0 fully saturated rings. The van der Waals surface area contributed by atoms with Gasteiger partial charge < -0.3 is 25.5 Å². The van der Waals surface area contributed by atoms with Crippen LogP contribution in [0.4, 0.5) is 21.8 Å². The largest absolute Gasteiger partial charge is 0.461 e. The van der Waals surface area contributed by atoms with Gasteiger partial charge in [-0.25, -0.2) is 9.18 Å². The second-order valence-electron chi connectivity index (χ2n) is 7.22. The van der Waals surface area contributed by atoms with E-state index in [1.165, 1.54) is 43.4 Å². The van der Waals surface area contributed by atoms with Crippen LogP contribution in [-0.4, -0.2) is 59.6 Å². The van der Waals surface area contributed by atoms with Gasteiger partial charge in [0, 0.05) is 31.6 Å². The van der Waals surface area contributed by atoms with Crippen molar-refractivity contribution in [1.29, 1.82) is 0 Å². The summed E-state index contributed by atoms with van der Waals surface area (Å²) in [6, 6.07) is 5.11. The molecule has 1 unspecified atom stereocenters. The van der Waals surface area contributed by atoms with Crippen molar-refractivity contribution in [3.8, 4) is 0 Å². The minimum atomic E-state index is -1.01. The Hall–Kier alpha value is -4.42. The van der Waals surface area contributed by atoms with Crippen molar-refractivity contribution in [2.45, 2.75) is 26.4 Å². The molecule has 0 spiro atoms. The van der Waals surface area contributed by atoms with Gasteiger partial charge in [-0.2, -0.15) is 9.97 Å². The molecule has 1 aromatic carbocycles. The number of anilines is 2. The maximum atomic E-state index is 13.0. The number of nitro groups is 1. The molecule has 0 radical (unpaired) electrons. The number of nitrogens with two attached hydrogens (primary N) is 1. The van der Waals surface area contributed by atoms with Crippen LogP contribution in [0.2, 0.25) is 0 Å². The summed E-state index contributed by atoms with van der Waals surface area (Å²) in [6.45, 7) is 3.40. The molecule has 3 N–H and O–H groups in total. The molecule has 0 bridgehead atoms. The number of benzene rings is 1. The molecule has 0 aliphatic heterocycles. The van der Waals surface area contributed by atoms with Crippen LogP contribution in [-0.2, 0) is 16.1 Å². The fourth-order valence-corrected chi connectivity index (χ4v) is 2.75. The predicted molar refractivity (Wildman–Crippen MR) is 128 cm³/mol. The van der Waals surface area contributed by atoms with Gasteiger partial charge in [-0.1, -0.05) is 12.1 Å². The summed E-state index contributed by atoms with van der Waals surface area (Å²) in [4.78, 5) is 48.3. The highest BCUT2D eigenvalue weighted by Gasteiger charge is 2.33. The highest BCUT2D eigenvalue weighted by atomic mass is 19.1. The number of aliphatic imine (C=N–C) groups is 1. The van der Waals surface area contributed by atoms with E-state index in [2.05, 4.69) is 20.3 Å². The second kappa shape index (κ2) is 12.7. The molecule has 12 nitrogen and oxygen atoms in total. The summed E-state index contributed by atoms with van der Waals surface area (Å²) in [7, 11) is 1.43. The Balaban J connectivity index is 2.32. The topological polar surface area (TPSA) is 166 Å². The zero-order valence-corrected chi connectivity index (χ0v) is 19.5. The molecule has 35 heavy (non-hydrogen) atoms. The van der Waals surface area contributed by atoms with Gasteiger partial charge >= 0.3 is 11.7 Å². The van der Waals surface area contributed by atoms with Gasteiger partial charge in [-0.05, 0) is 31.5 Å². The molecule has 0 saturated carbocycles. The van der Waals surface area contributed by atoms with E-state index in [0.29, 0.717) is 11.9 Å². The number of aromatic nitrogens is 2. The van der Waals surface area contributed by atoms with Gasteiger partial charge in [0.1, 0.15) is 12.1 Å². The molecule has 13 heteroatoms. The number of carbonyl (C=O) groups is 2. The van der Waals surface area contributed by atoms with Gasteiger partial charge in [-0.15, -0.1) is 0 Å². The lowest BCUT2D eigenvalue weighted by atomic mass is 10.2. The van der Waals surface area contributed by atoms with Crippen LogP contribution in [0.1, 0.15) is 29.9 Å². The molecule has 186 valence electrons. The molecule has 0 aliphatic rings. The lowest BCUT2D eigenvalue weighted by Gasteiger charge is -2.22. The third kappa shape index (κ3) is 7.28. The lowest BCUT2D eigenvalue weighted by molar-refractivity contribution is -0.384. The van der Waals surface area contributed by atoms with Crippen molar-refractivity contribution in [3.63, 3.8) is 0 Å². The maximum absolute atomic E-state index is 13.0. The van der Waals surface area contributed by atoms with Gasteiger partial charge in [-0.3, -0.25) is 15.1 Å². The van der Waals surface area contributed by atoms with E-state index in [1.807, 2.05) is 0 Å². The first-order chi connectivity index (χ1) is 16.7. The van der Waals surface area contributed by atoms with Crippen LogP contribution >= 0.6 is 0 Å². The number of esters is 1. The van der Waals surface area contributed by atoms with E-state index in [-0.39, 0.29) is 37.3 Å². The molecule has 0 amide bonds. The van der Waals surface area contributed by atoms with E-state index < -0.39 is 28.3 Å². The molecule has 0 aliphatic carbocycles. The molecule has 2 rings (SSSR count). The fourth-order valence-electron chi connectivity index (χ4n) is 2.75. The Kier molecular flexibility index (Phi) is 9.75. The Labute approximate surface area is 200 Å². The maximum Gasteiger partial charge on any atom is 0.364 e. The number of halogens is 1. The summed E-state index contributed by atoms with van der Waals surface area (Å²) >= 11 is 0. The van der Waals surface area contributed by atoms with Crippen LogP contribution in [0.25, 0.3) is 0 Å². The number of nitrogens with zero attached hydrogens (tertiary/aromatic N) is 5. The lowest BCUT2D eigenvalue weighted by Crippen LogP contribution is -2.32. The van der Waals surface area contributed by atoms with E-state index >= 15 is 0 Å². The average molecular weight is 487 g/mol. The van der Waals surface area contributed by atoms with E-state index in [4.69, 9.17) is 10.5 Å². The second-order valence-corrected chi connectivity index (χ2v) is 7.22. The highest BCUT2D eigenvalue weighted by molar-refractivity contribution is 5.95. The zero-order chi connectivity index (χ0) is 26.0. The fraction of sp³-hybridized carbons (Fsp3) is 0.318. The van der Waals surface area contributed by atoms with E-state index in [0.717, 1.165) is 5.56 Å². The third-order valence-corrected chi connectivity index (χ3v) is 4.77. The summed E-state index contributed by atoms with van der Waals surface area (Å²) in [5.41, 5.74) is 5.73. The van der Waals surface area contributed by atoms with Gasteiger partial charge in [0.25, 0.3) is 0 Å². The highest BCUT2D eigenvalue weighted by Crippen LogP contribution is 2.31. The summed E-state index contributed by atoms with van der Waals surface area (Å²) < 4.78 is 17.9. The van der Waals surface area contributed by atoms with Crippen molar-refractivity contribution in [2.75, 3.05) is 30.4 Å². The molecule has 1 heterocycles. The smallest absolute Gasteiger partial charge is 0.364 e. The molecule has 1 atom stereocenters. The van der Waals surface area contributed by atoms with Crippen LogP contribution in [0, 0.1) is 15.9 Å². The number of likely N-dealkylation sites (N-methyl/N-ethyl adjacent to an activating group) is 1. The Morgan fingerprint density at radius 1 is 1.37 bits per heavy atom. The van der Waals surface area contributed by atoms with Crippen molar-refractivity contribution in [2.24, 2.45) is 10.7 Å². The van der Waals surface area contributed by atoms with Crippen molar-refractivity contribution in [1.82, 2.24) is 9.97 Å². The number of carbonyl (C=O) groups excluding carboxylic acids is 2. The number of hydrogen-bond acceptors (Lipinski definition) is 11. The molecule has 0 saturated heterocycles. The summed E-state index contributed by atoms with van der Waals surface area (Å²) in [5, 5.41) is 14.6. The van der Waals surface area contributed by atoms with Crippen LogP contribution in [0.3, 0.4) is 0 Å². The molecular weight excluding hydrogens is 461 g/mol. The minimum Gasteiger partial charge on any atom is -0.461 e. The number of hydrogen-bond donors (Lipinski definition) is 2. The van der Waals surface area contributed by atoms with E-state index in [1.54, 1.807) is 19.1 Å². The molecule has 1 aromatic heterocycles. The SMILES string of the molecule is CCOC(=O)c1nc(NCC(C=NCc2ccc(F)cc2)=CN)nc(N(C)C(C)C=O)c1[N+](=O)[O-]. The first-order valence-electron chi connectivity index (χ1n) is 10.5. The van der Waals surface area contributed by atoms with Crippen molar-refractivity contribution < 1.29 is 23.6 Å². The van der Waals surface area contributed by atoms with Crippen LogP contribution in [0.5, 0.6) is 0 Å². The van der Waals surface area contributed by atoms with Gasteiger partial charge in [0.2, 0.25) is 17.5 Å².